The molecule has 11 heteroatoms. The van der Waals surface area contributed by atoms with Gasteiger partial charge in [-0.05, 0) is 79.4 Å². The molecule has 1 aliphatic heterocycles. The predicted molar refractivity (Wildman–Crippen MR) is 162 cm³/mol. The Morgan fingerprint density at radius 1 is 1.19 bits per heavy atom. The zero-order valence-corrected chi connectivity index (χ0v) is 24.9. The van der Waals surface area contributed by atoms with Crippen LogP contribution >= 0.6 is 23.2 Å². The molecule has 1 aliphatic rings. The standard InChI is InChI=1S/C31H33Cl2N3O6/c1-4-21(32)16-27-19(3)35-28-26(27)14-15-36(31(39)42-25-12-8-22(33)9-13-25)29(28)20-6-10-24(11-7-20)41-18-23(37)17-34-30(38)40-5-2/h4,6-13,16,23,29,35,37H,1,5,14-15,17-18H2,2-3H3,(H,34,38)/b21-16+. The number of alkyl carbamates (subject to hydrolysis) is 1. The van der Waals surface area contributed by atoms with Crippen molar-refractivity contribution in [3.63, 3.8) is 0 Å². The van der Waals surface area contributed by atoms with Crippen molar-refractivity contribution in [2.45, 2.75) is 32.4 Å². The summed E-state index contributed by atoms with van der Waals surface area (Å²) in [5, 5.41) is 13.7. The highest BCUT2D eigenvalue weighted by molar-refractivity contribution is 6.33. The van der Waals surface area contributed by atoms with Gasteiger partial charge in [-0.1, -0.05) is 48.0 Å². The van der Waals surface area contributed by atoms with E-state index < -0.39 is 24.3 Å². The van der Waals surface area contributed by atoms with Crippen molar-refractivity contribution in [2.24, 2.45) is 0 Å². The van der Waals surface area contributed by atoms with Gasteiger partial charge in [-0.2, -0.15) is 0 Å². The van der Waals surface area contributed by atoms with E-state index in [0.29, 0.717) is 34.5 Å². The molecule has 3 aromatic rings. The van der Waals surface area contributed by atoms with Gasteiger partial charge in [-0.3, -0.25) is 4.90 Å². The summed E-state index contributed by atoms with van der Waals surface area (Å²) in [5.41, 5.74) is 4.64. The van der Waals surface area contributed by atoms with Gasteiger partial charge in [0.15, 0.2) is 0 Å². The van der Waals surface area contributed by atoms with Crippen molar-refractivity contribution in [1.82, 2.24) is 15.2 Å². The van der Waals surface area contributed by atoms with E-state index in [-0.39, 0.29) is 19.8 Å². The van der Waals surface area contributed by atoms with Gasteiger partial charge in [-0.25, -0.2) is 9.59 Å². The first-order chi connectivity index (χ1) is 20.2. The van der Waals surface area contributed by atoms with E-state index in [4.69, 9.17) is 37.4 Å². The van der Waals surface area contributed by atoms with Gasteiger partial charge in [0.2, 0.25) is 0 Å². The Balaban J connectivity index is 1.57. The number of hydrogen-bond donors (Lipinski definition) is 3. The number of rotatable bonds is 10. The zero-order valence-electron chi connectivity index (χ0n) is 23.4. The highest BCUT2D eigenvalue weighted by Gasteiger charge is 2.36. The molecule has 3 N–H and O–H groups in total. The molecule has 0 radical (unpaired) electrons. The summed E-state index contributed by atoms with van der Waals surface area (Å²) in [6.45, 7) is 8.02. The largest absolute Gasteiger partial charge is 0.491 e. The van der Waals surface area contributed by atoms with Crippen LogP contribution in [0.3, 0.4) is 0 Å². The van der Waals surface area contributed by atoms with Crippen LogP contribution in [0.1, 0.15) is 41.0 Å². The number of H-pyrrole nitrogens is 1. The second-order valence-electron chi connectivity index (χ2n) is 9.59. The Labute approximate surface area is 254 Å². The number of nitrogens with one attached hydrogen (secondary N) is 2. The van der Waals surface area contributed by atoms with Crippen molar-refractivity contribution in [3.8, 4) is 11.5 Å². The number of allylic oxidation sites excluding steroid dienone is 2. The number of halogens is 2. The molecule has 4 rings (SSSR count). The number of amides is 2. The fraction of sp³-hybridized carbons (Fsp3) is 0.290. The first-order valence-electron chi connectivity index (χ1n) is 13.5. The van der Waals surface area contributed by atoms with Crippen LogP contribution in [0.5, 0.6) is 11.5 Å². The number of benzene rings is 2. The number of fused-ring (bicyclic) bond motifs is 1. The summed E-state index contributed by atoms with van der Waals surface area (Å²) >= 11 is 12.3. The van der Waals surface area contributed by atoms with Crippen LogP contribution in [-0.4, -0.2) is 59.6 Å². The second-order valence-corrected chi connectivity index (χ2v) is 10.5. The van der Waals surface area contributed by atoms with Crippen molar-refractivity contribution >= 4 is 41.5 Å². The molecule has 2 amide bonds. The number of carbonyl (C=O) groups is 2. The van der Waals surface area contributed by atoms with Crippen molar-refractivity contribution in [2.75, 3.05) is 26.3 Å². The summed E-state index contributed by atoms with van der Waals surface area (Å²) in [7, 11) is 0. The van der Waals surface area contributed by atoms with Crippen molar-refractivity contribution < 1.29 is 28.9 Å². The Morgan fingerprint density at radius 2 is 1.88 bits per heavy atom. The molecule has 0 spiro atoms. The van der Waals surface area contributed by atoms with Crippen LogP contribution in [0, 0.1) is 6.92 Å². The molecule has 0 bridgehead atoms. The summed E-state index contributed by atoms with van der Waals surface area (Å²) in [4.78, 5) is 30.1. The minimum Gasteiger partial charge on any atom is -0.491 e. The molecule has 0 saturated heterocycles. The number of aliphatic hydroxyl groups excluding tert-OH is 1. The summed E-state index contributed by atoms with van der Waals surface area (Å²) in [6, 6.07) is 13.4. The van der Waals surface area contributed by atoms with E-state index in [2.05, 4.69) is 16.9 Å². The molecule has 2 aromatic carbocycles. The molecular weight excluding hydrogens is 581 g/mol. The average Bonchev–Trinajstić information content (AvgIpc) is 3.30. The van der Waals surface area contributed by atoms with Crippen LogP contribution in [-0.2, 0) is 11.2 Å². The van der Waals surface area contributed by atoms with E-state index in [1.807, 2.05) is 25.1 Å². The Kier molecular flexibility index (Phi) is 10.6. The summed E-state index contributed by atoms with van der Waals surface area (Å²) < 4.78 is 16.2. The lowest BCUT2D eigenvalue weighted by Crippen LogP contribution is -2.42. The number of aliphatic hydroxyl groups is 1. The molecule has 0 aliphatic carbocycles. The third kappa shape index (κ3) is 7.67. The average molecular weight is 615 g/mol. The van der Waals surface area contributed by atoms with Gasteiger partial charge in [0.1, 0.15) is 30.3 Å². The number of aromatic nitrogens is 1. The normalized spacial score (nSPS) is 15.4. The Morgan fingerprint density at radius 3 is 2.55 bits per heavy atom. The molecule has 2 atom stereocenters. The van der Waals surface area contributed by atoms with Crippen molar-refractivity contribution in [1.29, 1.82) is 0 Å². The molecule has 222 valence electrons. The zero-order chi connectivity index (χ0) is 30.2. The lowest BCUT2D eigenvalue weighted by atomic mass is 9.91. The maximum Gasteiger partial charge on any atom is 0.416 e. The van der Waals surface area contributed by atoms with E-state index >= 15 is 0 Å². The third-order valence-corrected chi connectivity index (χ3v) is 7.21. The third-order valence-electron chi connectivity index (χ3n) is 6.69. The van der Waals surface area contributed by atoms with Gasteiger partial charge in [-0.15, -0.1) is 0 Å². The van der Waals surface area contributed by atoms with Gasteiger partial charge in [0, 0.05) is 28.0 Å². The topological polar surface area (TPSA) is 113 Å². The lowest BCUT2D eigenvalue weighted by Gasteiger charge is -2.35. The Bertz CT molecular complexity index is 1440. The SMILES string of the molecule is C=C/C(Cl)=C\c1c(C)[nH]c2c1CCN(C(=O)Oc1ccc(Cl)cc1)C2c1ccc(OCC(O)CNC(=O)OCC)cc1. The fourth-order valence-corrected chi connectivity index (χ4v) is 4.95. The van der Waals surface area contributed by atoms with E-state index in [0.717, 1.165) is 28.1 Å². The van der Waals surface area contributed by atoms with Gasteiger partial charge >= 0.3 is 12.2 Å². The summed E-state index contributed by atoms with van der Waals surface area (Å²) in [6.07, 6.45) is 2.02. The predicted octanol–water partition coefficient (Wildman–Crippen LogP) is 6.37. The number of aromatic amines is 1. The van der Waals surface area contributed by atoms with E-state index in [9.17, 15) is 14.7 Å². The van der Waals surface area contributed by atoms with Crippen molar-refractivity contribution in [3.05, 3.63) is 99.3 Å². The quantitative estimate of drug-likeness (QED) is 0.229. The van der Waals surface area contributed by atoms with Gasteiger partial charge < -0.3 is 29.6 Å². The molecule has 0 fully saturated rings. The smallest absolute Gasteiger partial charge is 0.416 e. The first-order valence-corrected chi connectivity index (χ1v) is 14.2. The maximum absolute atomic E-state index is 13.5. The van der Waals surface area contributed by atoms with Crippen LogP contribution in [0.15, 0.2) is 66.2 Å². The first kappa shape index (κ1) is 31.0. The Hall–Kier alpha value is -3.92. The number of aryl methyl sites for hydroxylation is 1. The van der Waals surface area contributed by atoms with Gasteiger partial charge in [0.05, 0.1) is 13.2 Å². The van der Waals surface area contributed by atoms with E-state index in [1.54, 1.807) is 54.3 Å². The van der Waals surface area contributed by atoms with Crippen LogP contribution < -0.4 is 14.8 Å². The monoisotopic (exact) mass is 613 g/mol. The number of hydrogen-bond acceptors (Lipinski definition) is 6. The summed E-state index contributed by atoms with van der Waals surface area (Å²) in [5.74, 6) is 0.905. The molecule has 9 nitrogen and oxygen atoms in total. The molecule has 42 heavy (non-hydrogen) atoms. The number of carbonyl (C=O) groups excluding carboxylic acids is 2. The highest BCUT2D eigenvalue weighted by atomic mass is 35.5. The fourth-order valence-electron chi connectivity index (χ4n) is 4.71. The lowest BCUT2D eigenvalue weighted by molar-refractivity contribution is 0.0991. The molecule has 1 aromatic heterocycles. The minimum atomic E-state index is -0.927. The van der Waals surface area contributed by atoms with Gasteiger partial charge in [0.25, 0.3) is 0 Å². The number of ether oxygens (including phenoxy) is 3. The molecule has 2 heterocycles. The second kappa shape index (κ2) is 14.3. The number of nitrogens with zero attached hydrogens (tertiary/aromatic N) is 1. The molecule has 2 unspecified atom stereocenters. The molecular formula is C31H33Cl2N3O6. The van der Waals surface area contributed by atoms with Crippen LogP contribution in [0.2, 0.25) is 5.02 Å². The van der Waals surface area contributed by atoms with Crippen LogP contribution in [0.4, 0.5) is 9.59 Å². The highest BCUT2D eigenvalue weighted by Crippen LogP contribution is 2.39. The maximum atomic E-state index is 13.5. The van der Waals surface area contributed by atoms with Crippen LogP contribution in [0.25, 0.3) is 6.08 Å². The molecule has 0 saturated carbocycles. The van der Waals surface area contributed by atoms with E-state index in [1.165, 1.54) is 0 Å². The minimum absolute atomic E-state index is 0.00865.